The Kier molecular flexibility index (Phi) is 6.79. The number of aromatic nitrogens is 1. The monoisotopic (exact) mass is 447 g/mol. The van der Waals surface area contributed by atoms with E-state index in [0.717, 1.165) is 49.7 Å². The molecule has 1 saturated heterocycles. The number of hydrogen-bond acceptors (Lipinski definition) is 5. The third kappa shape index (κ3) is 5.83. The summed E-state index contributed by atoms with van der Waals surface area (Å²) < 4.78 is 26.9. The van der Waals surface area contributed by atoms with Crippen molar-refractivity contribution in [2.45, 2.75) is 25.8 Å². The number of amides is 1. The molecule has 1 fully saturated rings. The van der Waals surface area contributed by atoms with E-state index in [0.29, 0.717) is 29.4 Å². The van der Waals surface area contributed by atoms with Crippen LogP contribution in [0.3, 0.4) is 0 Å². The maximum atomic E-state index is 13.4. The summed E-state index contributed by atoms with van der Waals surface area (Å²) in [6, 6.07) is 16.0. The average molecular weight is 447 g/mol. The van der Waals surface area contributed by atoms with Gasteiger partial charge in [0.15, 0.2) is 5.82 Å². The molecule has 0 radical (unpaired) electrons. The van der Waals surface area contributed by atoms with Crippen LogP contribution in [0.2, 0.25) is 0 Å². The lowest BCUT2D eigenvalue weighted by atomic mass is 10.1. The summed E-state index contributed by atoms with van der Waals surface area (Å²) in [6.07, 6.45) is 1.94. The lowest BCUT2D eigenvalue weighted by Gasteiger charge is -2.21. The summed E-state index contributed by atoms with van der Waals surface area (Å²) in [7, 11) is 0. The maximum absolute atomic E-state index is 13.4. The molecule has 1 aromatic heterocycles. The quantitative estimate of drug-likeness (QED) is 0.552. The molecule has 8 heteroatoms. The molecule has 168 valence electrons. The first-order valence-electron chi connectivity index (χ1n) is 10.7. The van der Waals surface area contributed by atoms with Crippen LogP contribution in [0.4, 0.5) is 26.1 Å². The van der Waals surface area contributed by atoms with Gasteiger partial charge in [0, 0.05) is 25.7 Å². The van der Waals surface area contributed by atoms with Crippen LogP contribution in [0, 0.1) is 23.0 Å². The van der Waals surface area contributed by atoms with Gasteiger partial charge in [0.2, 0.25) is 5.91 Å². The Bertz CT molecular complexity index is 1160. The van der Waals surface area contributed by atoms with Crippen LogP contribution in [0.15, 0.2) is 54.6 Å². The van der Waals surface area contributed by atoms with Crippen LogP contribution >= 0.6 is 0 Å². The second-order valence-corrected chi connectivity index (χ2v) is 7.93. The first kappa shape index (κ1) is 22.2. The van der Waals surface area contributed by atoms with Crippen LogP contribution in [0.25, 0.3) is 0 Å². The van der Waals surface area contributed by atoms with Gasteiger partial charge in [0.1, 0.15) is 17.5 Å². The molecule has 2 N–H and O–H groups in total. The van der Waals surface area contributed by atoms with E-state index in [1.165, 1.54) is 0 Å². The molecule has 0 bridgehead atoms. The predicted octanol–water partition coefficient (Wildman–Crippen LogP) is 4.62. The highest BCUT2D eigenvalue weighted by Gasteiger charge is 2.19. The fourth-order valence-electron chi connectivity index (χ4n) is 3.80. The number of pyridine rings is 1. The third-order valence-electron chi connectivity index (χ3n) is 5.40. The van der Waals surface area contributed by atoms with Crippen molar-refractivity contribution < 1.29 is 13.6 Å². The van der Waals surface area contributed by atoms with Crippen molar-refractivity contribution in [2.75, 3.05) is 28.6 Å². The summed E-state index contributed by atoms with van der Waals surface area (Å²) in [5, 5.41) is 15.0. The molecule has 0 aliphatic carbocycles. The Hall–Kier alpha value is -3.99. The summed E-state index contributed by atoms with van der Waals surface area (Å²) in [6.45, 7) is 2.21. The number of nitrogens with zero attached hydrogens (tertiary/aromatic N) is 3. The van der Waals surface area contributed by atoms with Crippen LogP contribution in [-0.4, -0.2) is 24.0 Å². The molecule has 33 heavy (non-hydrogen) atoms. The first-order valence-corrected chi connectivity index (χ1v) is 10.7. The molecule has 6 nitrogen and oxygen atoms in total. The van der Waals surface area contributed by atoms with Gasteiger partial charge in [0.05, 0.1) is 23.7 Å². The second-order valence-electron chi connectivity index (χ2n) is 7.93. The fourth-order valence-corrected chi connectivity index (χ4v) is 3.80. The highest BCUT2D eigenvalue weighted by molar-refractivity contribution is 5.95. The zero-order valence-electron chi connectivity index (χ0n) is 17.9. The number of nitriles is 1. The number of rotatable bonds is 7. The van der Waals surface area contributed by atoms with Gasteiger partial charge in [-0.15, -0.1) is 0 Å². The van der Waals surface area contributed by atoms with Crippen LogP contribution < -0.4 is 15.5 Å². The highest BCUT2D eigenvalue weighted by Crippen LogP contribution is 2.29. The SMILES string of the molecule is N#Cc1ccc(CNc2ccc(NC(=O)Cc3cc(F)cc(F)c3)c(N3CCCC3)n2)cc1. The normalized spacial score (nSPS) is 12.9. The average Bonchev–Trinajstić information content (AvgIpc) is 3.33. The van der Waals surface area contributed by atoms with Crippen molar-refractivity contribution in [2.24, 2.45) is 0 Å². The van der Waals surface area contributed by atoms with Crippen LogP contribution in [0.5, 0.6) is 0 Å². The van der Waals surface area contributed by atoms with E-state index in [2.05, 4.69) is 21.6 Å². The second kappa shape index (κ2) is 10.1. The summed E-state index contributed by atoms with van der Waals surface area (Å²) in [4.78, 5) is 19.4. The highest BCUT2D eigenvalue weighted by atomic mass is 19.1. The summed E-state index contributed by atoms with van der Waals surface area (Å²) in [5.74, 6) is -0.479. The van der Waals surface area contributed by atoms with E-state index in [9.17, 15) is 13.6 Å². The van der Waals surface area contributed by atoms with Crippen molar-refractivity contribution in [1.29, 1.82) is 5.26 Å². The number of nitrogens with one attached hydrogen (secondary N) is 2. The molecular formula is C25H23F2N5O. The number of carbonyl (C=O) groups excluding carboxylic acids is 1. The molecule has 0 saturated carbocycles. The third-order valence-corrected chi connectivity index (χ3v) is 5.40. The lowest BCUT2D eigenvalue weighted by Crippen LogP contribution is -2.23. The molecule has 2 aromatic carbocycles. The van der Waals surface area contributed by atoms with E-state index in [4.69, 9.17) is 10.2 Å². The Labute approximate surface area is 190 Å². The minimum absolute atomic E-state index is 0.146. The Morgan fingerprint density at radius 2 is 1.70 bits per heavy atom. The van der Waals surface area contributed by atoms with Crippen LogP contribution in [-0.2, 0) is 17.8 Å². The van der Waals surface area contributed by atoms with E-state index >= 15 is 0 Å². The fraction of sp³-hybridized carbons (Fsp3) is 0.240. The Balaban J connectivity index is 1.48. The lowest BCUT2D eigenvalue weighted by molar-refractivity contribution is -0.115. The van der Waals surface area contributed by atoms with Crippen molar-refractivity contribution >= 4 is 23.2 Å². The van der Waals surface area contributed by atoms with Gasteiger partial charge < -0.3 is 15.5 Å². The smallest absolute Gasteiger partial charge is 0.228 e. The van der Waals surface area contributed by atoms with Gasteiger partial charge in [-0.2, -0.15) is 5.26 Å². The minimum atomic E-state index is -0.713. The molecule has 0 atom stereocenters. The molecule has 0 unspecified atom stereocenters. The number of hydrogen-bond donors (Lipinski definition) is 2. The zero-order chi connectivity index (χ0) is 23.2. The predicted molar refractivity (Wildman–Crippen MR) is 123 cm³/mol. The molecule has 2 heterocycles. The van der Waals surface area contributed by atoms with Crippen molar-refractivity contribution in [1.82, 2.24) is 4.98 Å². The standard InChI is InChI=1S/C25H23F2N5O/c26-20-11-19(12-21(27)14-20)13-24(33)30-22-7-8-23(31-25(22)32-9-1-2-10-32)29-16-18-5-3-17(15-28)4-6-18/h3-8,11-12,14H,1-2,9-10,13,16H2,(H,29,31)(H,30,33). The molecule has 1 aliphatic heterocycles. The summed E-state index contributed by atoms with van der Waals surface area (Å²) in [5.41, 5.74) is 2.44. The molecule has 0 spiro atoms. The molecule has 4 rings (SSSR count). The van der Waals surface area contributed by atoms with Crippen LogP contribution in [0.1, 0.15) is 29.5 Å². The molecular weight excluding hydrogens is 424 g/mol. The molecule has 3 aromatic rings. The van der Waals surface area contributed by atoms with E-state index in [1.807, 2.05) is 12.1 Å². The van der Waals surface area contributed by atoms with Gasteiger partial charge in [-0.05, 0) is 60.4 Å². The number of halogens is 2. The van der Waals surface area contributed by atoms with E-state index in [1.54, 1.807) is 24.3 Å². The maximum Gasteiger partial charge on any atom is 0.228 e. The van der Waals surface area contributed by atoms with E-state index in [-0.39, 0.29) is 17.9 Å². The van der Waals surface area contributed by atoms with Gasteiger partial charge in [-0.25, -0.2) is 13.8 Å². The Morgan fingerprint density at radius 3 is 2.36 bits per heavy atom. The number of carbonyl (C=O) groups is 1. The van der Waals surface area contributed by atoms with Crippen molar-refractivity contribution in [3.05, 3.63) is 82.9 Å². The van der Waals surface area contributed by atoms with Gasteiger partial charge in [-0.1, -0.05) is 12.1 Å². The van der Waals surface area contributed by atoms with E-state index < -0.39 is 11.6 Å². The summed E-state index contributed by atoms with van der Waals surface area (Å²) >= 11 is 0. The molecule has 1 aliphatic rings. The van der Waals surface area contributed by atoms with Gasteiger partial charge in [0.25, 0.3) is 0 Å². The van der Waals surface area contributed by atoms with Gasteiger partial charge in [-0.3, -0.25) is 4.79 Å². The number of benzene rings is 2. The van der Waals surface area contributed by atoms with Crippen molar-refractivity contribution in [3.63, 3.8) is 0 Å². The molecule has 1 amide bonds. The topological polar surface area (TPSA) is 81.0 Å². The van der Waals surface area contributed by atoms with Gasteiger partial charge >= 0.3 is 0 Å². The number of anilines is 3. The first-order chi connectivity index (χ1) is 16.0. The zero-order valence-corrected chi connectivity index (χ0v) is 17.9. The largest absolute Gasteiger partial charge is 0.366 e. The van der Waals surface area contributed by atoms with Crippen molar-refractivity contribution in [3.8, 4) is 6.07 Å². The Morgan fingerprint density at radius 1 is 1.00 bits per heavy atom. The minimum Gasteiger partial charge on any atom is -0.366 e.